The summed E-state index contributed by atoms with van der Waals surface area (Å²) in [5.41, 5.74) is 1.09. The number of nitrogens with one attached hydrogen (secondary N) is 1. The minimum Gasteiger partial charge on any atom is -0.452 e. The van der Waals surface area contributed by atoms with Crippen LogP contribution < -0.4 is 5.32 Å². The molecule has 3 rings (SSSR count). The summed E-state index contributed by atoms with van der Waals surface area (Å²) in [6, 6.07) is 22.1. The molecule has 1 amide bonds. The second-order valence-electron chi connectivity index (χ2n) is 5.05. The summed E-state index contributed by atoms with van der Waals surface area (Å²) in [5, 5.41) is 4.66. The Hall–Kier alpha value is -3.14. The Morgan fingerprint density at radius 3 is 2.30 bits per heavy atom. The van der Waals surface area contributed by atoms with Gasteiger partial charge >= 0.3 is 5.97 Å². The monoisotopic (exact) mass is 305 g/mol. The number of rotatable bonds is 4. The third-order valence-electron chi connectivity index (χ3n) is 3.38. The molecule has 0 heterocycles. The van der Waals surface area contributed by atoms with Crippen LogP contribution in [0.25, 0.3) is 10.8 Å². The third-order valence-corrected chi connectivity index (χ3v) is 3.38. The third kappa shape index (κ3) is 3.74. The standard InChI is InChI=1S/C19H15NO3/c21-18(20-17-8-2-1-3-9-17)13-23-19(22)16-11-10-14-6-4-5-7-15(14)12-16/h1-12H,13H2,(H,20,21). The molecule has 0 aliphatic rings. The number of hydrogen-bond acceptors (Lipinski definition) is 3. The van der Waals surface area contributed by atoms with Gasteiger partial charge in [-0.15, -0.1) is 0 Å². The van der Waals surface area contributed by atoms with Crippen LogP contribution in [0.4, 0.5) is 5.69 Å². The van der Waals surface area contributed by atoms with Gasteiger partial charge < -0.3 is 10.1 Å². The Kier molecular flexibility index (Phi) is 4.34. The van der Waals surface area contributed by atoms with Crippen molar-refractivity contribution in [1.29, 1.82) is 0 Å². The molecule has 4 heteroatoms. The molecule has 0 unspecified atom stereocenters. The minimum absolute atomic E-state index is 0.319. The van der Waals surface area contributed by atoms with Crippen molar-refractivity contribution in [3.8, 4) is 0 Å². The highest BCUT2D eigenvalue weighted by atomic mass is 16.5. The summed E-state index contributed by atoms with van der Waals surface area (Å²) >= 11 is 0. The highest BCUT2D eigenvalue weighted by Gasteiger charge is 2.10. The van der Waals surface area contributed by atoms with Crippen molar-refractivity contribution in [3.63, 3.8) is 0 Å². The Bertz CT molecular complexity index is 843. The molecule has 0 bridgehead atoms. The number of amides is 1. The molecular formula is C19H15NO3. The first-order valence-electron chi connectivity index (χ1n) is 7.23. The van der Waals surface area contributed by atoms with Gasteiger partial charge in [0.2, 0.25) is 0 Å². The Morgan fingerprint density at radius 2 is 1.52 bits per heavy atom. The average Bonchev–Trinajstić information content (AvgIpc) is 2.60. The molecule has 0 saturated carbocycles. The molecule has 0 aliphatic heterocycles. The van der Waals surface area contributed by atoms with E-state index in [1.807, 2.05) is 48.5 Å². The maximum Gasteiger partial charge on any atom is 0.338 e. The second kappa shape index (κ2) is 6.75. The van der Waals surface area contributed by atoms with Gasteiger partial charge in [0.05, 0.1) is 5.56 Å². The van der Waals surface area contributed by atoms with Crippen LogP contribution in [0.1, 0.15) is 10.4 Å². The molecule has 0 radical (unpaired) electrons. The molecule has 0 aromatic heterocycles. The molecule has 23 heavy (non-hydrogen) atoms. The fraction of sp³-hybridized carbons (Fsp3) is 0.0526. The van der Waals surface area contributed by atoms with Gasteiger partial charge in [0.25, 0.3) is 5.91 Å². The topological polar surface area (TPSA) is 55.4 Å². The maximum absolute atomic E-state index is 12.0. The molecule has 0 aliphatic carbocycles. The molecule has 0 atom stereocenters. The fourth-order valence-corrected chi connectivity index (χ4v) is 2.25. The Balaban J connectivity index is 1.61. The van der Waals surface area contributed by atoms with Crippen LogP contribution in [0.3, 0.4) is 0 Å². The molecule has 0 saturated heterocycles. The van der Waals surface area contributed by atoms with Gasteiger partial charge in [0, 0.05) is 5.69 Å². The number of benzene rings is 3. The second-order valence-corrected chi connectivity index (χ2v) is 5.05. The van der Waals surface area contributed by atoms with Gasteiger partial charge in [-0.2, -0.15) is 0 Å². The number of carbonyl (C=O) groups is 2. The Morgan fingerprint density at radius 1 is 0.826 bits per heavy atom. The number of ether oxygens (including phenoxy) is 1. The number of carbonyl (C=O) groups excluding carboxylic acids is 2. The van der Waals surface area contributed by atoms with Gasteiger partial charge in [-0.05, 0) is 35.0 Å². The maximum atomic E-state index is 12.0. The quantitative estimate of drug-likeness (QED) is 0.749. The molecular weight excluding hydrogens is 290 g/mol. The smallest absolute Gasteiger partial charge is 0.338 e. The first kappa shape index (κ1) is 14.8. The van der Waals surface area contributed by atoms with Gasteiger partial charge in [-0.1, -0.05) is 48.5 Å². The van der Waals surface area contributed by atoms with Crippen LogP contribution in [-0.4, -0.2) is 18.5 Å². The van der Waals surface area contributed by atoms with E-state index in [9.17, 15) is 9.59 Å². The van der Waals surface area contributed by atoms with Crippen LogP contribution in [-0.2, 0) is 9.53 Å². The summed E-state index contributed by atoms with van der Waals surface area (Å²) < 4.78 is 5.06. The van der Waals surface area contributed by atoms with Crippen molar-refractivity contribution in [3.05, 3.63) is 78.4 Å². The molecule has 3 aromatic rings. The molecule has 1 N–H and O–H groups in total. The summed E-state index contributed by atoms with van der Waals surface area (Å²) in [4.78, 5) is 23.8. The number of fused-ring (bicyclic) bond motifs is 1. The van der Waals surface area contributed by atoms with E-state index in [4.69, 9.17) is 4.74 Å². The van der Waals surface area contributed by atoms with Gasteiger partial charge in [-0.25, -0.2) is 4.79 Å². The van der Waals surface area contributed by atoms with Crippen LogP contribution in [0.5, 0.6) is 0 Å². The van der Waals surface area contributed by atoms with Gasteiger partial charge in [0.1, 0.15) is 0 Å². The van der Waals surface area contributed by atoms with Crippen molar-refractivity contribution in [2.45, 2.75) is 0 Å². The largest absolute Gasteiger partial charge is 0.452 e. The lowest BCUT2D eigenvalue weighted by atomic mass is 10.1. The summed E-state index contributed by atoms with van der Waals surface area (Å²) in [5.74, 6) is -0.885. The average molecular weight is 305 g/mol. The van der Waals surface area contributed by atoms with Crippen molar-refractivity contribution < 1.29 is 14.3 Å². The summed E-state index contributed by atoms with van der Waals surface area (Å²) in [7, 11) is 0. The van der Waals surface area contributed by atoms with Crippen molar-refractivity contribution >= 4 is 28.3 Å². The lowest BCUT2D eigenvalue weighted by Crippen LogP contribution is -2.20. The number of anilines is 1. The predicted octanol–water partition coefficient (Wildman–Crippen LogP) is 3.64. The van der Waals surface area contributed by atoms with Gasteiger partial charge in [0.15, 0.2) is 6.61 Å². The van der Waals surface area contributed by atoms with Crippen molar-refractivity contribution in [2.24, 2.45) is 0 Å². The van der Waals surface area contributed by atoms with E-state index in [0.29, 0.717) is 11.3 Å². The molecule has 114 valence electrons. The van der Waals surface area contributed by atoms with Crippen LogP contribution in [0.2, 0.25) is 0 Å². The predicted molar refractivity (Wildman–Crippen MR) is 89.3 cm³/mol. The van der Waals surface area contributed by atoms with Crippen molar-refractivity contribution in [2.75, 3.05) is 11.9 Å². The Labute approximate surface area is 133 Å². The minimum atomic E-state index is -0.515. The van der Waals surface area contributed by atoms with E-state index in [1.165, 1.54) is 0 Å². The zero-order valence-corrected chi connectivity index (χ0v) is 12.4. The lowest BCUT2D eigenvalue weighted by molar-refractivity contribution is -0.119. The number of esters is 1. The number of para-hydroxylation sites is 1. The molecule has 3 aromatic carbocycles. The van der Waals surface area contributed by atoms with E-state index in [1.54, 1.807) is 24.3 Å². The van der Waals surface area contributed by atoms with Crippen LogP contribution in [0.15, 0.2) is 72.8 Å². The van der Waals surface area contributed by atoms with Gasteiger partial charge in [-0.3, -0.25) is 4.79 Å². The first-order chi connectivity index (χ1) is 11.2. The van der Waals surface area contributed by atoms with E-state index in [2.05, 4.69) is 5.32 Å². The van der Waals surface area contributed by atoms with Crippen LogP contribution in [0, 0.1) is 0 Å². The molecule has 4 nitrogen and oxygen atoms in total. The van der Waals surface area contributed by atoms with Crippen LogP contribution >= 0.6 is 0 Å². The number of hydrogen-bond donors (Lipinski definition) is 1. The summed E-state index contributed by atoms with van der Waals surface area (Å²) in [6.45, 7) is -0.319. The molecule has 0 spiro atoms. The van der Waals surface area contributed by atoms with E-state index in [0.717, 1.165) is 10.8 Å². The highest BCUT2D eigenvalue weighted by molar-refractivity contribution is 5.98. The van der Waals surface area contributed by atoms with E-state index in [-0.39, 0.29) is 12.5 Å². The zero-order chi connectivity index (χ0) is 16.1. The molecule has 0 fully saturated rings. The zero-order valence-electron chi connectivity index (χ0n) is 12.4. The van der Waals surface area contributed by atoms with E-state index < -0.39 is 5.97 Å². The SMILES string of the molecule is O=C(COC(=O)c1ccc2ccccc2c1)Nc1ccccc1. The van der Waals surface area contributed by atoms with Crippen molar-refractivity contribution in [1.82, 2.24) is 0 Å². The lowest BCUT2D eigenvalue weighted by Gasteiger charge is -2.07. The summed E-state index contributed by atoms with van der Waals surface area (Å²) in [6.07, 6.45) is 0. The highest BCUT2D eigenvalue weighted by Crippen LogP contribution is 2.16. The normalized spacial score (nSPS) is 10.3. The first-order valence-corrected chi connectivity index (χ1v) is 7.23. The van der Waals surface area contributed by atoms with E-state index >= 15 is 0 Å². The fourth-order valence-electron chi connectivity index (χ4n) is 2.25.